The summed E-state index contributed by atoms with van der Waals surface area (Å²) in [6.45, 7) is 2.49. The van der Waals surface area contributed by atoms with Gasteiger partial charge in [0.05, 0.1) is 12.2 Å². The van der Waals surface area contributed by atoms with Crippen molar-refractivity contribution in [1.82, 2.24) is 34.8 Å². The first-order valence-corrected chi connectivity index (χ1v) is 9.08. The summed E-state index contributed by atoms with van der Waals surface area (Å²) >= 11 is 0. The van der Waals surface area contributed by atoms with Gasteiger partial charge in [-0.15, -0.1) is 5.10 Å². The van der Waals surface area contributed by atoms with E-state index in [0.29, 0.717) is 25.1 Å². The largest absolute Gasteiger partial charge is 0.345 e. The Labute approximate surface area is 151 Å². The van der Waals surface area contributed by atoms with E-state index in [2.05, 4.69) is 20.6 Å². The lowest BCUT2D eigenvalue weighted by atomic mass is 9.94. The fourth-order valence-corrected chi connectivity index (χ4v) is 3.73. The molecule has 1 aliphatic heterocycles. The van der Waals surface area contributed by atoms with Gasteiger partial charge < -0.3 is 14.8 Å². The molecule has 2 aliphatic rings. The van der Waals surface area contributed by atoms with E-state index in [1.165, 1.54) is 6.20 Å². The third kappa shape index (κ3) is 2.87. The molecule has 1 aliphatic carbocycles. The van der Waals surface area contributed by atoms with Crippen molar-refractivity contribution < 1.29 is 9.59 Å². The second-order valence-corrected chi connectivity index (χ2v) is 6.93. The number of hydrogen-bond donors (Lipinski definition) is 1. The van der Waals surface area contributed by atoms with Crippen molar-refractivity contribution in [1.29, 1.82) is 0 Å². The van der Waals surface area contributed by atoms with Crippen molar-refractivity contribution in [3.8, 4) is 0 Å². The Bertz CT molecular complexity index is 823. The van der Waals surface area contributed by atoms with E-state index in [1.807, 2.05) is 29.6 Å². The highest BCUT2D eigenvalue weighted by Crippen LogP contribution is 2.40. The van der Waals surface area contributed by atoms with E-state index in [-0.39, 0.29) is 29.9 Å². The normalized spacial score (nSPS) is 23.3. The molecule has 2 atom stereocenters. The number of likely N-dealkylation sites (tertiary alicyclic amines) is 1. The van der Waals surface area contributed by atoms with Crippen LogP contribution in [0.15, 0.2) is 18.6 Å². The summed E-state index contributed by atoms with van der Waals surface area (Å²) in [5.74, 6) is 0.731. The number of carbonyl (C=O) groups is 2. The molecule has 0 aromatic carbocycles. The average Bonchev–Trinajstić information content (AvgIpc) is 3.18. The number of rotatable bonds is 5. The Hall–Kier alpha value is -2.71. The van der Waals surface area contributed by atoms with Gasteiger partial charge in [0, 0.05) is 38.4 Å². The van der Waals surface area contributed by atoms with Crippen molar-refractivity contribution >= 4 is 11.8 Å². The summed E-state index contributed by atoms with van der Waals surface area (Å²) in [7, 11) is 1.92. The average molecular weight is 357 g/mol. The Kier molecular flexibility index (Phi) is 4.21. The van der Waals surface area contributed by atoms with Crippen molar-refractivity contribution in [2.45, 2.75) is 57.3 Å². The van der Waals surface area contributed by atoms with E-state index < -0.39 is 0 Å². The van der Waals surface area contributed by atoms with Crippen LogP contribution in [0.3, 0.4) is 0 Å². The van der Waals surface area contributed by atoms with E-state index in [4.69, 9.17) is 0 Å². The van der Waals surface area contributed by atoms with Gasteiger partial charge in [0.2, 0.25) is 5.91 Å². The first kappa shape index (κ1) is 16.7. The molecule has 2 aromatic heterocycles. The summed E-state index contributed by atoms with van der Waals surface area (Å²) < 4.78 is 3.49. The number of aromatic nitrogens is 5. The fourth-order valence-electron chi connectivity index (χ4n) is 3.73. The predicted octanol–water partition coefficient (Wildman–Crippen LogP) is 0.656. The molecule has 2 aromatic rings. The zero-order chi connectivity index (χ0) is 18.3. The van der Waals surface area contributed by atoms with Crippen molar-refractivity contribution in [2.75, 3.05) is 0 Å². The van der Waals surface area contributed by atoms with Crippen LogP contribution in [0.1, 0.15) is 55.0 Å². The molecule has 26 heavy (non-hydrogen) atoms. The van der Waals surface area contributed by atoms with E-state index in [0.717, 1.165) is 18.7 Å². The van der Waals surface area contributed by atoms with Crippen molar-refractivity contribution in [3.63, 3.8) is 0 Å². The number of nitrogens with zero attached hydrogens (tertiary/aromatic N) is 6. The molecule has 0 bridgehead atoms. The Morgan fingerprint density at radius 2 is 2.15 bits per heavy atom. The summed E-state index contributed by atoms with van der Waals surface area (Å²) in [4.78, 5) is 31.8. The minimum atomic E-state index is -0.251. The maximum atomic E-state index is 12.8. The van der Waals surface area contributed by atoms with E-state index in [9.17, 15) is 9.59 Å². The topological polar surface area (TPSA) is 97.9 Å². The van der Waals surface area contributed by atoms with E-state index in [1.54, 1.807) is 10.9 Å². The molecule has 9 heteroatoms. The third-order valence-corrected chi connectivity index (χ3v) is 5.17. The number of imidazole rings is 1. The van der Waals surface area contributed by atoms with Crippen molar-refractivity contribution in [2.24, 2.45) is 7.05 Å². The van der Waals surface area contributed by atoms with Gasteiger partial charge in [-0.05, 0) is 26.2 Å². The van der Waals surface area contributed by atoms with Gasteiger partial charge >= 0.3 is 0 Å². The zero-order valence-electron chi connectivity index (χ0n) is 15.0. The van der Waals surface area contributed by atoms with Crippen molar-refractivity contribution in [3.05, 3.63) is 30.1 Å². The number of hydrogen-bond acceptors (Lipinski definition) is 5. The molecule has 0 radical (unpaired) electrons. The van der Waals surface area contributed by atoms with Gasteiger partial charge in [0.1, 0.15) is 17.6 Å². The van der Waals surface area contributed by atoms with Gasteiger partial charge in [0.25, 0.3) is 5.91 Å². The van der Waals surface area contributed by atoms with Gasteiger partial charge in [-0.3, -0.25) is 9.59 Å². The molecule has 1 saturated carbocycles. The smallest absolute Gasteiger partial charge is 0.271 e. The maximum Gasteiger partial charge on any atom is 0.271 e. The van der Waals surface area contributed by atoms with Crippen LogP contribution in [0.4, 0.5) is 0 Å². The number of nitrogens with one attached hydrogen (secondary N) is 1. The highest BCUT2D eigenvalue weighted by Gasteiger charge is 2.46. The van der Waals surface area contributed by atoms with Gasteiger partial charge in [-0.1, -0.05) is 5.21 Å². The molecule has 138 valence electrons. The molecule has 2 amide bonds. The van der Waals surface area contributed by atoms with Crippen LogP contribution in [0.25, 0.3) is 0 Å². The monoisotopic (exact) mass is 357 g/mol. The molecule has 1 N–H and O–H groups in total. The fraction of sp³-hybridized carbons (Fsp3) is 0.588. The molecule has 0 spiro atoms. The molecule has 2 fully saturated rings. The van der Waals surface area contributed by atoms with Crippen LogP contribution in [0, 0.1) is 0 Å². The maximum absolute atomic E-state index is 12.8. The van der Waals surface area contributed by atoms with Gasteiger partial charge in [-0.25, -0.2) is 9.67 Å². The molecule has 9 nitrogen and oxygen atoms in total. The van der Waals surface area contributed by atoms with Crippen LogP contribution >= 0.6 is 0 Å². The Morgan fingerprint density at radius 1 is 1.35 bits per heavy atom. The van der Waals surface area contributed by atoms with Gasteiger partial charge in [-0.2, -0.15) is 0 Å². The summed E-state index contributed by atoms with van der Waals surface area (Å²) in [6, 6.07) is -0.187. The van der Waals surface area contributed by atoms with Crippen LogP contribution in [0.5, 0.6) is 0 Å². The molecular formula is C17H23N7O2. The lowest BCUT2D eigenvalue weighted by Gasteiger charge is -2.41. The summed E-state index contributed by atoms with van der Waals surface area (Å²) in [5.41, 5.74) is 0.431. The SMILES string of the molecule is CCn1nncc1C(=O)N[C@@H]1CCC(=O)N(C2CC2)[C@H]1c1nccn1C. The first-order valence-electron chi connectivity index (χ1n) is 9.08. The molecule has 1 saturated heterocycles. The van der Waals surface area contributed by atoms with Gasteiger partial charge in [0.15, 0.2) is 0 Å². The molecule has 0 unspecified atom stereocenters. The predicted molar refractivity (Wildman–Crippen MR) is 92.0 cm³/mol. The lowest BCUT2D eigenvalue weighted by Crippen LogP contribution is -2.53. The Balaban J connectivity index is 1.63. The second-order valence-electron chi connectivity index (χ2n) is 6.93. The Morgan fingerprint density at radius 3 is 2.81 bits per heavy atom. The highest BCUT2D eigenvalue weighted by molar-refractivity contribution is 5.92. The van der Waals surface area contributed by atoms with Crippen LogP contribution < -0.4 is 5.32 Å². The number of amides is 2. The van der Waals surface area contributed by atoms with E-state index >= 15 is 0 Å². The second kappa shape index (κ2) is 6.54. The molecule has 3 heterocycles. The minimum absolute atomic E-state index is 0.145. The highest BCUT2D eigenvalue weighted by atomic mass is 16.2. The summed E-state index contributed by atoms with van der Waals surface area (Å²) in [6.07, 6.45) is 8.14. The van der Waals surface area contributed by atoms with Crippen LogP contribution in [0.2, 0.25) is 0 Å². The van der Waals surface area contributed by atoms with Crippen LogP contribution in [-0.2, 0) is 18.4 Å². The quantitative estimate of drug-likeness (QED) is 0.847. The number of carbonyl (C=O) groups excluding carboxylic acids is 2. The molecule has 4 rings (SSSR count). The molecular weight excluding hydrogens is 334 g/mol. The van der Waals surface area contributed by atoms with Crippen LogP contribution in [-0.4, -0.2) is 53.3 Å². The summed E-state index contributed by atoms with van der Waals surface area (Å²) in [5, 5.41) is 10.9. The zero-order valence-corrected chi connectivity index (χ0v) is 15.0. The minimum Gasteiger partial charge on any atom is -0.345 e. The lowest BCUT2D eigenvalue weighted by molar-refractivity contribution is -0.138. The number of aryl methyl sites for hydroxylation is 2. The standard InChI is InChI=1S/C17H23N7O2/c1-3-23-13(10-19-21-23)17(26)20-12-6-7-14(25)24(11-4-5-11)15(12)16-18-8-9-22(16)2/h8-12,15H,3-7H2,1-2H3,(H,20,26)/t12-,15-/m1/s1. The first-order chi connectivity index (χ1) is 12.6. The number of piperidine rings is 1. The third-order valence-electron chi connectivity index (χ3n) is 5.17.